The number of ether oxygens (including phenoxy) is 3. The van der Waals surface area contributed by atoms with Crippen LogP contribution in [0.25, 0.3) is 0 Å². The van der Waals surface area contributed by atoms with E-state index in [4.69, 9.17) is 14.2 Å². The van der Waals surface area contributed by atoms with Crippen molar-refractivity contribution in [2.45, 2.75) is 25.4 Å². The largest absolute Gasteiger partial charge is 0.445 e. The summed E-state index contributed by atoms with van der Waals surface area (Å²) in [7, 11) is 2.98. The van der Waals surface area contributed by atoms with E-state index < -0.39 is 18.4 Å². The van der Waals surface area contributed by atoms with Gasteiger partial charge in [-0.15, -0.1) is 0 Å². The van der Waals surface area contributed by atoms with Crippen molar-refractivity contribution in [2.75, 3.05) is 32.8 Å². The third kappa shape index (κ3) is 8.76. The van der Waals surface area contributed by atoms with Crippen LogP contribution in [0.4, 0.5) is 4.79 Å². The zero-order valence-electron chi connectivity index (χ0n) is 14.8. The van der Waals surface area contributed by atoms with E-state index in [0.717, 1.165) is 11.3 Å². The molecule has 2 N–H and O–H groups in total. The molecule has 0 saturated heterocycles. The van der Waals surface area contributed by atoms with Gasteiger partial charge in [0.2, 0.25) is 5.91 Å². The fourth-order valence-electron chi connectivity index (χ4n) is 1.98. The van der Waals surface area contributed by atoms with E-state index >= 15 is 0 Å². The van der Waals surface area contributed by atoms with Crippen molar-refractivity contribution < 1.29 is 23.8 Å². The first-order chi connectivity index (χ1) is 12.1. The Morgan fingerprint density at radius 3 is 2.44 bits per heavy atom. The molecule has 0 bridgehead atoms. The molecule has 0 fully saturated rings. The fourth-order valence-corrected chi connectivity index (χ4v) is 2.45. The summed E-state index contributed by atoms with van der Waals surface area (Å²) < 4.78 is 15.2. The highest BCUT2D eigenvalue weighted by molar-refractivity contribution is 7.98. The highest BCUT2D eigenvalue weighted by Gasteiger charge is 2.22. The SMILES string of the molecule is COC(CNC(=O)C(CCSC)NC(=O)OCc1ccccc1)OC. The van der Waals surface area contributed by atoms with Gasteiger partial charge in [0, 0.05) is 14.2 Å². The standard InChI is InChI=1S/C17H26N2O5S/c1-22-15(23-2)11-18-16(20)14(9-10-25-3)19-17(21)24-12-13-7-5-4-6-8-13/h4-8,14-15H,9-12H2,1-3H3,(H,18,20)(H,19,21). The van der Waals surface area contributed by atoms with Crippen molar-refractivity contribution in [2.24, 2.45) is 0 Å². The second-order valence-electron chi connectivity index (χ2n) is 5.19. The maximum Gasteiger partial charge on any atom is 0.408 e. The molecule has 25 heavy (non-hydrogen) atoms. The molecule has 1 aromatic carbocycles. The van der Waals surface area contributed by atoms with Crippen LogP contribution >= 0.6 is 11.8 Å². The lowest BCUT2D eigenvalue weighted by atomic mass is 10.2. The Bertz CT molecular complexity index is 511. The summed E-state index contributed by atoms with van der Waals surface area (Å²) in [5.74, 6) is 0.430. The number of hydrogen-bond donors (Lipinski definition) is 2. The maximum absolute atomic E-state index is 12.3. The third-order valence-corrected chi connectivity index (χ3v) is 4.04. The van der Waals surface area contributed by atoms with Gasteiger partial charge in [-0.3, -0.25) is 4.79 Å². The molecule has 0 aliphatic carbocycles. The predicted octanol–water partition coefficient (Wildman–Crippen LogP) is 1.77. The number of rotatable bonds is 11. The molecule has 0 aliphatic heterocycles. The van der Waals surface area contributed by atoms with Gasteiger partial charge < -0.3 is 24.8 Å². The van der Waals surface area contributed by atoms with Crippen molar-refractivity contribution in [3.05, 3.63) is 35.9 Å². The Balaban J connectivity index is 2.49. The topological polar surface area (TPSA) is 85.9 Å². The van der Waals surface area contributed by atoms with Gasteiger partial charge in [-0.1, -0.05) is 30.3 Å². The van der Waals surface area contributed by atoms with Crippen LogP contribution in [0.15, 0.2) is 30.3 Å². The van der Waals surface area contributed by atoms with Gasteiger partial charge in [0.05, 0.1) is 6.54 Å². The van der Waals surface area contributed by atoms with Crippen LogP contribution in [0.5, 0.6) is 0 Å². The zero-order chi connectivity index (χ0) is 18.5. The smallest absolute Gasteiger partial charge is 0.408 e. The highest BCUT2D eigenvalue weighted by atomic mass is 32.2. The monoisotopic (exact) mass is 370 g/mol. The molecule has 2 amide bonds. The highest BCUT2D eigenvalue weighted by Crippen LogP contribution is 2.04. The van der Waals surface area contributed by atoms with E-state index in [9.17, 15) is 9.59 Å². The number of benzene rings is 1. The van der Waals surface area contributed by atoms with Crippen LogP contribution in [0.2, 0.25) is 0 Å². The first-order valence-corrected chi connectivity index (χ1v) is 9.29. The summed E-state index contributed by atoms with van der Waals surface area (Å²) in [5.41, 5.74) is 0.880. The van der Waals surface area contributed by atoms with Crippen molar-refractivity contribution in [3.63, 3.8) is 0 Å². The van der Waals surface area contributed by atoms with Gasteiger partial charge in [0.15, 0.2) is 6.29 Å². The Kier molecular flexibility index (Phi) is 10.7. The number of alkyl carbamates (subject to hydrolysis) is 1. The summed E-state index contributed by atoms with van der Waals surface area (Å²) in [6, 6.07) is 8.67. The minimum atomic E-state index is -0.676. The molecular formula is C17H26N2O5S. The molecule has 1 atom stereocenters. The average molecular weight is 370 g/mol. The number of carbonyl (C=O) groups is 2. The molecule has 0 saturated carbocycles. The molecule has 1 rings (SSSR count). The Morgan fingerprint density at radius 2 is 1.84 bits per heavy atom. The van der Waals surface area contributed by atoms with Crippen LogP contribution < -0.4 is 10.6 Å². The van der Waals surface area contributed by atoms with Crippen LogP contribution in [-0.4, -0.2) is 57.1 Å². The summed E-state index contributed by atoms with van der Waals surface area (Å²) in [6.07, 6.45) is 1.28. The molecular weight excluding hydrogens is 344 g/mol. The van der Waals surface area contributed by atoms with Crippen molar-refractivity contribution in [1.29, 1.82) is 0 Å². The predicted molar refractivity (Wildman–Crippen MR) is 97.4 cm³/mol. The maximum atomic E-state index is 12.3. The summed E-state index contributed by atoms with van der Waals surface area (Å²) in [6.45, 7) is 0.349. The van der Waals surface area contributed by atoms with E-state index in [1.165, 1.54) is 14.2 Å². The average Bonchev–Trinajstić information content (AvgIpc) is 2.64. The van der Waals surface area contributed by atoms with Crippen molar-refractivity contribution in [1.82, 2.24) is 10.6 Å². The Hall–Kier alpha value is -1.77. The van der Waals surface area contributed by atoms with Gasteiger partial charge in [0.1, 0.15) is 12.6 Å². The van der Waals surface area contributed by atoms with Crippen LogP contribution in [0.3, 0.4) is 0 Å². The minimum Gasteiger partial charge on any atom is -0.445 e. The molecule has 140 valence electrons. The van der Waals surface area contributed by atoms with Gasteiger partial charge in [-0.25, -0.2) is 4.79 Å². The summed E-state index contributed by atoms with van der Waals surface area (Å²) in [5, 5.41) is 5.32. The van der Waals surface area contributed by atoms with E-state index in [2.05, 4.69) is 10.6 Å². The Morgan fingerprint density at radius 1 is 1.16 bits per heavy atom. The summed E-state index contributed by atoms with van der Waals surface area (Å²) in [4.78, 5) is 24.3. The number of thioether (sulfide) groups is 1. The number of hydrogen-bond acceptors (Lipinski definition) is 6. The van der Waals surface area contributed by atoms with E-state index in [0.29, 0.717) is 6.42 Å². The fraction of sp³-hybridized carbons (Fsp3) is 0.529. The summed E-state index contributed by atoms with van der Waals surface area (Å²) >= 11 is 1.60. The van der Waals surface area contributed by atoms with Gasteiger partial charge in [0.25, 0.3) is 0 Å². The lowest BCUT2D eigenvalue weighted by Gasteiger charge is -2.20. The van der Waals surface area contributed by atoms with Gasteiger partial charge in [-0.05, 0) is 24.0 Å². The second-order valence-corrected chi connectivity index (χ2v) is 6.17. The molecule has 1 unspecified atom stereocenters. The second kappa shape index (κ2) is 12.6. The van der Waals surface area contributed by atoms with Crippen LogP contribution in [0.1, 0.15) is 12.0 Å². The quantitative estimate of drug-likeness (QED) is 0.578. The lowest BCUT2D eigenvalue weighted by molar-refractivity contribution is -0.129. The van der Waals surface area contributed by atoms with E-state index in [1.807, 2.05) is 36.6 Å². The molecule has 8 heteroatoms. The molecule has 7 nitrogen and oxygen atoms in total. The number of methoxy groups -OCH3 is 2. The van der Waals surface area contributed by atoms with E-state index in [-0.39, 0.29) is 19.1 Å². The molecule has 0 heterocycles. The molecule has 0 radical (unpaired) electrons. The van der Waals surface area contributed by atoms with Crippen molar-refractivity contribution in [3.8, 4) is 0 Å². The van der Waals surface area contributed by atoms with Crippen LogP contribution in [-0.2, 0) is 25.6 Å². The lowest BCUT2D eigenvalue weighted by Crippen LogP contribution is -2.49. The molecule has 1 aromatic rings. The molecule has 0 aliphatic rings. The molecule has 0 aromatic heterocycles. The van der Waals surface area contributed by atoms with Crippen LogP contribution in [0, 0.1) is 0 Å². The number of carbonyl (C=O) groups excluding carboxylic acids is 2. The molecule has 0 spiro atoms. The number of nitrogens with one attached hydrogen (secondary N) is 2. The van der Waals surface area contributed by atoms with Gasteiger partial charge in [-0.2, -0.15) is 11.8 Å². The van der Waals surface area contributed by atoms with Crippen molar-refractivity contribution >= 4 is 23.8 Å². The van der Waals surface area contributed by atoms with Gasteiger partial charge >= 0.3 is 6.09 Å². The normalized spacial score (nSPS) is 11.8. The first kappa shape index (κ1) is 21.3. The third-order valence-electron chi connectivity index (χ3n) is 3.40. The number of amides is 2. The zero-order valence-corrected chi connectivity index (χ0v) is 15.6. The Labute approximate surface area is 152 Å². The first-order valence-electron chi connectivity index (χ1n) is 7.90. The minimum absolute atomic E-state index is 0.152. The van der Waals surface area contributed by atoms with E-state index in [1.54, 1.807) is 11.8 Å².